The van der Waals surface area contributed by atoms with E-state index in [1.807, 2.05) is 49.4 Å². The van der Waals surface area contributed by atoms with E-state index < -0.39 is 18.0 Å². The Bertz CT molecular complexity index is 1230. The minimum absolute atomic E-state index is 0.0191. The summed E-state index contributed by atoms with van der Waals surface area (Å²) < 4.78 is 15.8. The van der Waals surface area contributed by atoms with Gasteiger partial charge in [-0.05, 0) is 50.1 Å². The SMILES string of the molecule is CCOC(=O)C1=NN(c2ccccc2C)C2=NC(C)=C(C(=O)OC)[C@@H](c3cccc(OC)c3)N12. The summed E-state index contributed by atoms with van der Waals surface area (Å²) in [7, 11) is 2.88. The van der Waals surface area contributed by atoms with Crippen molar-refractivity contribution in [1.29, 1.82) is 0 Å². The van der Waals surface area contributed by atoms with Crippen LogP contribution in [0.15, 0.2) is 69.9 Å². The first-order chi connectivity index (χ1) is 16.4. The van der Waals surface area contributed by atoms with Crippen molar-refractivity contribution in [3.8, 4) is 5.75 Å². The van der Waals surface area contributed by atoms with Gasteiger partial charge >= 0.3 is 11.9 Å². The van der Waals surface area contributed by atoms with Crippen molar-refractivity contribution in [2.75, 3.05) is 25.8 Å². The summed E-state index contributed by atoms with van der Waals surface area (Å²) in [6, 6.07) is 14.2. The predicted octanol–water partition coefficient (Wildman–Crippen LogP) is 3.56. The molecule has 2 heterocycles. The van der Waals surface area contributed by atoms with Gasteiger partial charge in [-0.15, -0.1) is 5.10 Å². The van der Waals surface area contributed by atoms with Crippen LogP contribution in [0.5, 0.6) is 5.75 Å². The predicted molar refractivity (Wildman–Crippen MR) is 127 cm³/mol. The van der Waals surface area contributed by atoms with Crippen molar-refractivity contribution in [3.63, 3.8) is 0 Å². The van der Waals surface area contributed by atoms with Crippen molar-refractivity contribution in [1.82, 2.24) is 4.90 Å². The van der Waals surface area contributed by atoms with Crippen LogP contribution in [0.3, 0.4) is 0 Å². The van der Waals surface area contributed by atoms with Gasteiger partial charge in [-0.2, -0.15) is 5.01 Å². The van der Waals surface area contributed by atoms with E-state index in [0.717, 1.165) is 11.3 Å². The van der Waals surface area contributed by atoms with Gasteiger partial charge < -0.3 is 14.2 Å². The Balaban J connectivity index is 1.97. The van der Waals surface area contributed by atoms with Crippen LogP contribution in [0.2, 0.25) is 0 Å². The van der Waals surface area contributed by atoms with Gasteiger partial charge in [0.15, 0.2) is 0 Å². The number of fused-ring (bicyclic) bond motifs is 1. The molecule has 0 unspecified atom stereocenters. The summed E-state index contributed by atoms with van der Waals surface area (Å²) in [6.45, 7) is 5.58. The summed E-state index contributed by atoms with van der Waals surface area (Å²) in [5.74, 6) is -0.164. The number of ether oxygens (including phenoxy) is 3. The minimum Gasteiger partial charge on any atom is -0.497 e. The Morgan fingerprint density at radius 1 is 1.03 bits per heavy atom. The number of hydrogen-bond donors (Lipinski definition) is 0. The molecule has 9 heteroatoms. The molecule has 0 radical (unpaired) electrons. The van der Waals surface area contributed by atoms with Gasteiger partial charge in [-0.25, -0.2) is 14.6 Å². The molecule has 0 spiro atoms. The summed E-state index contributed by atoms with van der Waals surface area (Å²) >= 11 is 0. The van der Waals surface area contributed by atoms with Crippen LogP contribution in [0, 0.1) is 6.92 Å². The summed E-state index contributed by atoms with van der Waals surface area (Å²) in [6.07, 6.45) is 0. The molecule has 0 saturated carbocycles. The Morgan fingerprint density at radius 3 is 2.47 bits per heavy atom. The van der Waals surface area contributed by atoms with Crippen LogP contribution >= 0.6 is 0 Å². The zero-order chi connectivity index (χ0) is 24.4. The van der Waals surface area contributed by atoms with Crippen LogP contribution in [0.1, 0.15) is 31.0 Å². The zero-order valence-corrected chi connectivity index (χ0v) is 19.7. The molecule has 34 heavy (non-hydrogen) atoms. The number of hydrogen-bond acceptors (Lipinski definition) is 9. The standard InChI is InChI=1S/C25H26N4O5/c1-6-34-24(31)22-27-29(19-13-8-7-10-15(19)2)25-26-16(3)20(23(30)33-5)21(28(22)25)17-11-9-12-18(14-17)32-4/h7-14,21H,6H2,1-5H3/t21-/m1/s1. The van der Waals surface area contributed by atoms with E-state index in [1.54, 1.807) is 36.9 Å². The average molecular weight is 463 g/mol. The number of carbonyl (C=O) groups is 2. The molecule has 176 valence electrons. The lowest BCUT2D eigenvalue weighted by molar-refractivity contribution is -0.138. The van der Waals surface area contributed by atoms with Crippen molar-refractivity contribution >= 4 is 29.4 Å². The first kappa shape index (κ1) is 23.0. The number of anilines is 1. The fourth-order valence-corrected chi connectivity index (χ4v) is 4.05. The largest absolute Gasteiger partial charge is 0.497 e. The molecule has 2 aliphatic heterocycles. The highest BCUT2D eigenvalue weighted by Crippen LogP contribution is 2.41. The van der Waals surface area contributed by atoms with Crippen molar-refractivity contribution in [2.24, 2.45) is 10.1 Å². The number of aryl methyl sites for hydroxylation is 1. The number of benzene rings is 2. The van der Waals surface area contributed by atoms with E-state index >= 15 is 0 Å². The maximum absolute atomic E-state index is 13.1. The second kappa shape index (κ2) is 9.38. The number of hydrazone groups is 1. The highest BCUT2D eigenvalue weighted by Gasteiger charge is 2.47. The smallest absolute Gasteiger partial charge is 0.376 e. The Morgan fingerprint density at radius 2 is 1.79 bits per heavy atom. The van der Waals surface area contributed by atoms with Gasteiger partial charge in [0.1, 0.15) is 5.75 Å². The number of rotatable bonds is 6. The molecule has 0 saturated heterocycles. The normalized spacial score (nSPS) is 17.1. The van der Waals surface area contributed by atoms with E-state index in [4.69, 9.17) is 19.2 Å². The highest BCUT2D eigenvalue weighted by atomic mass is 16.5. The molecular formula is C25H26N4O5. The quantitative estimate of drug-likeness (QED) is 0.606. The third kappa shape index (κ3) is 3.89. The fourth-order valence-electron chi connectivity index (χ4n) is 4.05. The topological polar surface area (TPSA) is 93.0 Å². The summed E-state index contributed by atoms with van der Waals surface area (Å²) in [5, 5.41) is 6.22. The second-order valence-electron chi connectivity index (χ2n) is 7.69. The van der Waals surface area contributed by atoms with Gasteiger partial charge in [-0.1, -0.05) is 30.3 Å². The molecular weight excluding hydrogens is 436 g/mol. The number of amidine groups is 1. The number of carbonyl (C=O) groups excluding carboxylic acids is 2. The molecule has 9 nitrogen and oxygen atoms in total. The van der Waals surface area contributed by atoms with Gasteiger partial charge in [0, 0.05) is 0 Å². The van der Waals surface area contributed by atoms with Crippen molar-refractivity contribution < 1.29 is 23.8 Å². The molecule has 1 atom stereocenters. The maximum Gasteiger partial charge on any atom is 0.376 e. The molecule has 0 aliphatic carbocycles. The monoisotopic (exact) mass is 462 g/mol. The Labute approximate surface area is 197 Å². The van der Waals surface area contributed by atoms with Gasteiger partial charge in [-0.3, -0.25) is 4.90 Å². The number of allylic oxidation sites excluding steroid dienone is 1. The molecule has 4 rings (SSSR count). The number of guanidine groups is 1. The molecule has 2 aromatic rings. The van der Waals surface area contributed by atoms with Crippen LogP contribution in [0.25, 0.3) is 0 Å². The van der Waals surface area contributed by atoms with Gasteiger partial charge in [0.2, 0.25) is 11.8 Å². The lowest BCUT2D eigenvalue weighted by atomic mass is 9.94. The minimum atomic E-state index is -0.743. The Kier molecular flexibility index (Phi) is 6.36. The molecule has 2 aromatic carbocycles. The average Bonchev–Trinajstić information content (AvgIpc) is 3.22. The molecule has 2 aliphatic rings. The number of aliphatic imine (C=N–C) groups is 1. The van der Waals surface area contributed by atoms with Crippen LogP contribution in [-0.2, 0) is 19.1 Å². The molecule has 0 aromatic heterocycles. The van der Waals surface area contributed by atoms with Crippen molar-refractivity contribution in [3.05, 3.63) is 70.9 Å². The van der Waals surface area contributed by atoms with Crippen LogP contribution in [-0.4, -0.2) is 49.5 Å². The molecule has 0 N–H and O–H groups in total. The number of methoxy groups -OCH3 is 2. The van der Waals surface area contributed by atoms with Crippen molar-refractivity contribution in [2.45, 2.75) is 26.8 Å². The van der Waals surface area contributed by atoms with Gasteiger partial charge in [0.05, 0.1) is 43.8 Å². The maximum atomic E-state index is 13.1. The third-order valence-electron chi connectivity index (χ3n) is 5.63. The second-order valence-corrected chi connectivity index (χ2v) is 7.69. The molecule has 0 amide bonds. The van der Waals surface area contributed by atoms with Crippen LogP contribution in [0.4, 0.5) is 5.69 Å². The number of para-hydroxylation sites is 1. The molecule has 0 fully saturated rings. The fraction of sp³-hybridized carbons (Fsp3) is 0.280. The van der Waals surface area contributed by atoms with E-state index in [9.17, 15) is 9.59 Å². The Hall–Kier alpha value is -4.14. The van der Waals surface area contributed by atoms with E-state index in [2.05, 4.69) is 5.10 Å². The number of nitrogens with zero attached hydrogens (tertiary/aromatic N) is 4. The van der Waals surface area contributed by atoms with Gasteiger partial charge in [0.25, 0.3) is 0 Å². The number of esters is 2. The summed E-state index contributed by atoms with van der Waals surface area (Å²) in [5.41, 5.74) is 3.16. The third-order valence-corrected chi connectivity index (χ3v) is 5.63. The van der Waals surface area contributed by atoms with E-state index in [1.165, 1.54) is 7.11 Å². The van der Waals surface area contributed by atoms with Crippen LogP contribution < -0.4 is 9.75 Å². The lowest BCUT2D eigenvalue weighted by Crippen LogP contribution is -2.47. The first-order valence-electron chi connectivity index (χ1n) is 10.8. The van der Waals surface area contributed by atoms with E-state index in [-0.39, 0.29) is 12.4 Å². The summed E-state index contributed by atoms with van der Waals surface area (Å²) in [4.78, 5) is 32.3. The molecule has 0 bridgehead atoms. The van der Waals surface area contributed by atoms with E-state index in [0.29, 0.717) is 28.5 Å². The zero-order valence-electron chi connectivity index (χ0n) is 19.7. The lowest BCUT2D eigenvalue weighted by Gasteiger charge is -2.35. The first-order valence-corrected chi connectivity index (χ1v) is 10.8. The highest BCUT2D eigenvalue weighted by molar-refractivity contribution is 6.41.